The molecule has 0 saturated carbocycles. The molecule has 0 bridgehead atoms. The van der Waals surface area contributed by atoms with Crippen LogP contribution in [-0.4, -0.2) is 0 Å². The summed E-state index contributed by atoms with van der Waals surface area (Å²) in [4.78, 5) is 0. The third kappa shape index (κ3) is 2.77. The molecule has 188 valence electrons. The van der Waals surface area contributed by atoms with E-state index < -0.39 is 0 Å². The first-order valence-corrected chi connectivity index (χ1v) is 14.0. The van der Waals surface area contributed by atoms with Gasteiger partial charge in [0.05, 0.1) is 0 Å². The van der Waals surface area contributed by atoms with E-state index in [0.29, 0.717) is 0 Å². The monoisotopic (exact) mass is 510 g/mol. The summed E-state index contributed by atoms with van der Waals surface area (Å²) in [6.45, 7) is 4.66. The molecule has 0 saturated heterocycles. The summed E-state index contributed by atoms with van der Waals surface area (Å²) in [5.74, 6) is 0. The maximum absolute atomic E-state index is 6.66. The van der Waals surface area contributed by atoms with Gasteiger partial charge in [0.25, 0.3) is 0 Å². The SMILES string of the molecule is CC1(C)c2ccccc2-c2cc(-c3ccc4oc5c(ccc6c7ccccc7c7ccccc7c65)c4c3)ccc21. The smallest absolute Gasteiger partial charge is 0.143 e. The molecular formula is C39H26O. The quantitative estimate of drug-likeness (QED) is 0.200. The molecular weight excluding hydrogens is 484 g/mol. The van der Waals surface area contributed by atoms with Gasteiger partial charge >= 0.3 is 0 Å². The van der Waals surface area contributed by atoms with E-state index in [-0.39, 0.29) is 5.41 Å². The molecule has 1 nitrogen and oxygen atoms in total. The lowest BCUT2D eigenvalue weighted by Crippen LogP contribution is -2.14. The zero-order chi connectivity index (χ0) is 26.6. The van der Waals surface area contributed by atoms with Gasteiger partial charge in [0.2, 0.25) is 0 Å². The average Bonchev–Trinajstić information content (AvgIpc) is 3.49. The first-order chi connectivity index (χ1) is 19.6. The minimum Gasteiger partial charge on any atom is -0.455 e. The largest absolute Gasteiger partial charge is 0.455 e. The van der Waals surface area contributed by atoms with Crippen LogP contribution < -0.4 is 0 Å². The van der Waals surface area contributed by atoms with Crippen molar-refractivity contribution in [3.8, 4) is 22.3 Å². The highest BCUT2D eigenvalue weighted by Crippen LogP contribution is 2.50. The molecule has 0 atom stereocenters. The summed E-state index contributed by atoms with van der Waals surface area (Å²) >= 11 is 0. The Bertz CT molecular complexity index is 2310. The zero-order valence-corrected chi connectivity index (χ0v) is 22.5. The van der Waals surface area contributed by atoms with Crippen LogP contribution in [0.3, 0.4) is 0 Å². The Labute approximate surface area is 232 Å². The number of fused-ring (bicyclic) bond motifs is 13. The third-order valence-electron chi connectivity index (χ3n) is 9.26. The van der Waals surface area contributed by atoms with E-state index in [2.05, 4.69) is 135 Å². The average molecular weight is 511 g/mol. The van der Waals surface area contributed by atoms with Crippen LogP contribution in [0.1, 0.15) is 25.0 Å². The fraction of sp³-hybridized carbons (Fsp3) is 0.0769. The van der Waals surface area contributed by atoms with E-state index in [9.17, 15) is 0 Å². The molecule has 1 aromatic heterocycles. The van der Waals surface area contributed by atoms with Crippen LogP contribution in [-0.2, 0) is 5.41 Å². The summed E-state index contributed by atoms with van der Waals surface area (Å²) in [5.41, 5.74) is 9.87. The molecule has 0 aliphatic heterocycles. The van der Waals surface area contributed by atoms with E-state index in [4.69, 9.17) is 4.42 Å². The molecule has 9 rings (SSSR count). The lowest BCUT2D eigenvalue weighted by molar-refractivity contribution is 0.660. The Morgan fingerprint density at radius 1 is 0.450 bits per heavy atom. The molecule has 1 heteroatoms. The van der Waals surface area contributed by atoms with Crippen molar-refractivity contribution in [3.63, 3.8) is 0 Å². The Morgan fingerprint density at radius 2 is 1.02 bits per heavy atom. The van der Waals surface area contributed by atoms with Crippen molar-refractivity contribution < 1.29 is 4.42 Å². The van der Waals surface area contributed by atoms with Crippen LogP contribution in [0.5, 0.6) is 0 Å². The highest BCUT2D eigenvalue weighted by atomic mass is 16.3. The van der Waals surface area contributed by atoms with Gasteiger partial charge in [0.15, 0.2) is 0 Å². The predicted octanol–water partition coefficient (Wildman–Crippen LogP) is 11.0. The Balaban J connectivity index is 1.30. The number of rotatable bonds is 1. The first-order valence-electron chi connectivity index (χ1n) is 14.0. The molecule has 0 radical (unpaired) electrons. The molecule has 0 unspecified atom stereocenters. The first kappa shape index (κ1) is 22.0. The van der Waals surface area contributed by atoms with E-state index in [1.807, 2.05) is 0 Å². The van der Waals surface area contributed by atoms with Gasteiger partial charge in [-0.25, -0.2) is 0 Å². The minimum absolute atomic E-state index is 0.0170. The van der Waals surface area contributed by atoms with Gasteiger partial charge in [-0.3, -0.25) is 0 Å². The molecule has 1 heterocycles. The van der Waals surface area contributed by atoms with Crippen LogP contribution in [0, 0.1) is 0 Å². The number of furan rings is 1. The molecule has 0 N–H and O–H groups in total. The summed E-state index contributed by atoms with van der Waals surface area (Å²) < 4.78 is 6.66. The predicted molar refractivity (Wildman–Crippen MR) is 169 cm³/mol. The second-order valence-electron chi connectivity index (χ2n) is 11.7. The minimum atomic E-state index is 0.0170. The van der Waals surface area contributed by atoms with Gasteiger partial charge in [0.1, 0.15) is 11.2 Å². The topological polar surface area (TPSA) is 13.1 Å². The maximum atomic E-state index is 6.66. The molecule has 8 aromatic rings. The van der Waals surface area contributed by atoms with Crippen molar-refractivity contribution in [1.82, 2.24) is 0 Å². The van der Waals surface area contributed by atoms with Gasteiger partial charge in [0, 0.05) is 21.6 Å². The Kier molecular flexibility index (Phi) is 4.18. The molecule has 0 spiro atoms. The van der Waals surface area contributed by atoms with Crippen molar-refractivity contribution in [3.05, 3.63) is 132 Å². The molecule has 40 heavy (non-hydrogen) atoms. The van der Waals surface area contributed by atoms with Crippen LogP contribution >= 0.6 is 0 Å². The summed E-state index contributed by atoms with van der Waals surface area (Å²) in [6, 6.07) is 44.4. The van der Waals surface area contributed by atoms with E-state index in [0.717, 1.165) is 21.9 Å². The zero-order valence-electron chi connectivity index (χ0n) is 22.5. The fourth-order valence-electron chi connectivity index (χ4n) is 7.30. The lowest BCUT2D eigenvalue weighted by Gasteiger charge is -2.21. The van der Waals surface area contributed by atoms with Crippen LogP contribution in [0.2, 0.25) is 0 Å². The lowest BCUT2D eigenvalue weighted by atomic mass is 9.82. The van der Waals surface area contributed by atoms with E-state index in [1.165, 1.54) is 65.7 Å². The summed E-state index contributed by atoms with van der Waals surface area (Å²) in [5, 5.41) is 9.80. The molecule has 7 aromatic carbocycles. The Hall–Kier alpha value is -4.88. The van der Waals surface area contributed by atoms with E-state index in [1.54, 1.807) is 0 Å². The number of hydrogen-bond acceptors (Lipinski definition) is 1. The number of hydrogen-bond donors (Lipinski definition) is 0. The summed E-state index contributed by atoms with van der Waals surface area (Å²) in [6.07, 6.45) is 0. The van der Waals surface area contributed by atoms with Gasteiger partial charge in [-0.15, -0.1) is 0 Å². The standard InChI is InChI=1S/C39H26O/c1-39(2)34-14-8-7-12-28(34)32-21-23(15-19-35(32)39)24-16-20-36-33(22-24)31-18-17-30-27-11-4-3-9-25(27)26-10-5-6-13-29(26)37(30)38(31)40-36/h3-22H,1-2H3. The second-order valence-corrected chi connectivity index (χ2v) is 11.7. The van der Waals surface area contributed by atoms with Crippen LogP contribution in [0.15, 0.2) is 126 Å². The summed E-state index contributed by atoms with van der Waals surface area (Å²) in [7, 11) is 0. The molecule has 0 amide bonds. The van der Waals surface area contributed by atoms with Gasteiger partial charge in [-0.05, 0) is 84.6 Å². The molecule has 1 aliphatic carbocycles. The Morgan fingerprint density at radius 3 is 1.82 bits per heavy atom. The van der Waals surface area contributed by atoms with Crippen LogP contribution in [0.25, 0.3) is 76.5 Å². The van der Waals surface area contributed by atoms with Crippen LogP contribution in [0.4, 0.5) is 0 Å². The van der Waals surface area contributed by atoms with Gasteiger partial charge in [-0.1, -0.05) is 111 Å². The van der Waals surface area contributed by atoms with Crippen molar-refractivity contribution >= 4 is 54.3 Å². The highest BCUT2D eigenvalue weighted by Gasteiger charge is 2.35. The normalized spacial score (nSPS) is 13.9. The fourth-order valence-corrected chi connectivity index (χ4v) is 7.30. The van der Waals surface area contributed by atoms with Crippen molar-refractivity contribution in [2.24, 2.45) is 0 Å². The van der Waals surface area contributed by atoms with Crippen molar-refractivity contribution in [2.75, 3.05) is 0 Å². The molecule has 0 fully saturated rings. The van der Waals surface area contributed by atoms with E-state index >= 15 is 0 Å². The van der Waals surface area contributed by atoms with Crippen molar-refractivity contribution in [2.45, 2.75) is 19.3 Å². The van der Waals surface area contributed by atoms with Gasteiger partial charge < -0.3 is 4.42 Å². The maximum Gasteiger partial charge on any atom is 0.143 e. The van der Waals surface area contributed by atoms with Gasteiger partial charge in [-0.2, -0.15) is 0 Å². The second kappa shape index (κ2) is 7.61. The van der Waals surface area contributed by atoms with Crippen molar-refractivity contribution in [1.29, 1.82) is 0 Å². The number of benzene rings is 7. The molecule has 1 aliphatic rings. The highest BCUT2D eigenvalue weighted by molar-refractivity contribution is 6.32. The third-order valence-corrected chi connectivity index (χ3v) is 9.26.